The molecule has 1 aliphatic heterocycles. The highest BCUT2D eigenvalue weighted by Gasteiger charge is 2.28. The van der Waals surface area contributed by atoms with Crippen LogP contribution in [0.15, 0.2) is 0 Å². The molecule has 1 N–H and O–H groups in total. The van der Waals surface area contributed by atoms with Gasteiger partial charge in [0.15, 0.2) is 0 Å². The van der Waals surface area contributed by atoms with Crippen LogP contribution in [0.3, 0.4) is 0 Å². The fraction of sp³-hybridized carbons (Fsp3) is 1.00. The lowest BCUT2D eigenvalue weighted by Crippen LogP contribution is -2.45. The predicted molar refractivity (Wildman–Crippen MR) is 90.7 cm³/mol. The van der Waals surface area contributed by atoms with E-state index in [1.165, 1.54) is 103 Å². The molecule has 1 atom stereocenters. The third-order valence-corrected chi connectivity index (χ3v) is 6.28. The van der Waals surface area contributed by atoms with Crippen LogP contribution in [-0.4, -0.2) is 36.6 Å². The monoisotopic (exact) mass is 292 g/mol. The number of nitrogens with zero attached hydrogens (tertiary/aromatic N) is 1. The molecule has 122 valence electrons. The molecule has 3 fully saturated rings. The van der Waals surface area contributed by atoms with E-state index >= 15 is 0 Å². The molecule has 1 unspecified atom stereocenters. The van der Waals surface area contributed by atoms with E-state index in [0.29, 0.717) is 0 Å². The number of hydrogen-bond acceptors (Lipinski definition) is 2. The van der Waals surface area contributed by atoms with Crippen molar-refractivity contribution in [1.82, 2.24) is 10.2 Å². The van der Waals surface area contributed by atoms with Crippen molar-refractivity contribution in [1.29, 1.82) is 0 Å². The molecule has 2 saturated carbocycles. The predicted octanol–water partition coefficient (Wildman–Crippen LogP) is 4.34. The lowest BCUT2D eigenvalue weighted by Gasteiger charge is -2.42. The summed E-state index contributed by atoms with van der Waals surface area (Å²) in [7, 11) is 0. The maximum atomic E-state index is 3.52. The molecule has 0 spiro atoms. The largest absolute Gasteiger partial charge is 0.316 e. The van der Waals surface area contributed by atoms with Crippen molar-refractivity contribution in [3.8, 4) is 0 Å². The maximum Gasteiger partial charge on any atom is 0.00981 e. The van der Waals surface area contributed by atoms with Gasteiger partial charge in [-0.15, -0.1) is 0 Å². The van der Waals surface area contributed by atoms with Crippen LogP contribution in [0.2, 0.25) is 0 Å². The Morgan fingerprint density at radius 1 is 0.762 bits per heavy atom. The summed E-state index contributed by atoms with van der Waals surface area (Å²) >= 11 is 0. The Morgan fingerprint density at radius 2 is 1.38 bits per heavy atom. The van der Waals surface area contributed by atoms with Gasteiger partial charge in [0.1, 0.15) is 0 Å². The highest BCUT2D eigenvalue weighted by molar-refractivity contribution is 4.84. The molecule has 21 heavy (non-hydrogen) atoms. The first-order valence-corrected chi connectivity index (χ1v) is 9.90. The Morgan fingerprint density at radius 3 is 1.90 bits per heavy atom. The van der Waals surface area contributed by atoms with Gasteiger partial charge in [-0.25, -0.2) is 0 Å². The minimum Gasteiger partial charge on any atom is -0.316 e. The van der Waals surface area contributed by atoms with Crippen molar-refractivity contribution in [3.63, 3.8) is 0 Å². The summed E-state index contributed by atoms with van der Waals surface area (Å²) in [5.74, 6) is 0.976. The molecule has 2 nitrogen and oxygen atoms in total. The molecule has 3 rings (SSSR count). The molecule has 0 radical (unpaired) electrons. The number of hydrogen-bond donors (Lipinski definition) is 1. The minimum absolute atomic E-state index is 0.934. The van der Waals surface area contributed by atoms with E-state index in [4.69, 9.17) is 0 Å². The summed E-state index contributed by atoms with van der Waals surface area (Å²) < 4.78 is 0. The molecule has 0 aromatic rings. The van der Waals surface area contributed by atoms with E-state index in [1.807, 2.05) is 0 Å². The normalized spacial score (nSPS) is 29.3. The van der Waals surface area contributed by atoms with Gasteiger partial charge in [-0.1, -0.05) is 38.5 Å². The fourth-order valence-electron chi connectivity index (χ4n) is 5.01. The van der Waals surface area contributed by atoms with Crippen molar-refractivity contribution in [2.75, 3.05) is 19.6 Å². The van der Waals surface area contributed by atoms with Crippen molar-refractivity contribution in [2.24, 2.45) is 5.92 Å². The summed E-state index contributed by atoms with van der Waals surface area (Å²) in [5.41, 5.74) is 0. The first kappa shape index (κ1) is 15.8. The Bertz CT molecular complexity index is 255. The molecule has 1 saturated heterocycles. The first-order chi connectivity index (χ1) is 10.4. The second-order valence-electron chi connectivity index (χ2n) is 7.82. The smallest absolute Gasteiger partial charge is 0.00981 e. The van der Waals surface area contributed by atoms with Crippen LogP contribution in [0.5, 0.6) is 0 Å². The molecule has 0 bridgehead atoms. The zero-order chi connectivity index (χ0) is 14.3. The fourth-order valence-corrected chi connectivity index (χ4v) is 5.01. The second-order valence-corrected chi connectivity index (χ2v) is 7.82. The van der Waals surface area contributed by atoms with Crippen LogP contribution in [0.25, 0.3) is 0 Å². The molecular formula is C19H36N2. The second kappa shape index (κ2) is 8.53. The summed E-state index contributed by atoms with van der Waals surface area (Å²) in [6, 6.07) is 1.87. The lowest BCUT2D eigenvalue weighted by atomic mass is 9.88. The number of rotatable bonds is 6. The quantitative estimate of drug-likeness (QED) is 0.783. The number of nitrogens with one attached hydrogen (secondary N) is 1. The van der Waals surface area contributed by atoms with Crippen LogP contribution in [0.4, 0.5) is 0 Å². The van der Waals surface area contributed by atoms with E-state index in [-0.39, 0.29) is 0 Å². The van der Waals surface area contributed by atoms with Crippen LogP contribution >= 0.6 is 0 Å². The molecule has 2 aliphatic carbocycles. The van der Waals surface area contributed by atoms with Crippen LogP contribution in [-0.2, 0) is 0 Å². The molecule has 1 heterocycles. The van der Waals surface area contributed by atoms with Crippen molar-refractivity contribution in [3.05, 3.63) is 0 Å². The Balaban J connectivity index is 1.49. The average molecular weight is 293 g/mol. The highest BCUT2D eigenvalue weighted by atomic mass is 15.2. The third kappa shape index (κ3) is 4.69. The summed E-state index contributed by atoms with van der Waals surface area (Å²) in [6.07, 6.45) is 19.2. The van der Waals surface area contributed by atoms with Crippen LogP contribution in [0, 0.1) is 5.92 Å². The molecule has 0 amide bonds. The Labute approximate surface area is 132 Å². The topological polar surface area (TPSA) is 15.3 Å². The van der Waals surface area contributed by atoms with Gasteiger partial charge in [0.2, 0.25) is 0 Å². The molecule has 0 aromatic heterocycles. The van der Waals surface area contributed by atoms with Crippen LogP contribution in [0.1, 0.15) is 83.5 Å². The highest BCUT2D eigenvalue weighted by Crippen LogP contribution is 2.30. The van der Waals surface area contributed by atoms with E-state index < -0.39 is 0 Å². The van der Waals surface area contributed by atoms with Crippen molar-refractivity contribution >= 4 is 0 Å². The van der Waals surface area contributed by atoms with E-state index in [9.17, 15) is 0 Å². The van der Waals surface area contributed by atoms with E-state index in [2.05, 4.69) is 10.2 Å². The van der Waals surface area contributed by atoms with Crippen molar-refractivity contribution in [2.45, 2.75) is 95.6 Å². The van der Waals surface area contributed by atoms with Gasteiger partial charge in [-0.2, -0.15) is 0 Å². The first-order valence-electron chi connectivity index (χ1n) is 9.90. The minimum atomic E-state index is 0.934. The van der Waals surface area contributed by atoms with Gasteiger partial charge in [0, 0.05) is 12.1 Å². The Kier molecular flexibility index (Phi) is 6.42. The summed E-state index contributed by atoms with van der Waals surface area (Å²) in [6.45, 7) is 3.94. The van der Waals surface area contributed by atoms with Gasteiger partial charge in [-0.05, 0) is 70.5 Å². The average Bonchev–Trinajstić information content (AvgIpc) is 3.07. The van der Waals surface area contributed by atoms with Gasteiger partial charge < -0.3 is 5.32 Å². The van der Waals surface area contributed by atoms with Gasteiger partial charge in [0.25, 0.3) is 0 Å². The summed E-state index contributed by atoms with van der Waals surface area (Å²) in [5, 5.41) is 3.52. The zero-order valence-corrected chi connectivity index (χ0v) is 14.0. The standard InChI is InChI=1S/C19H36N2/c1-3-9-18(10-4-1)21(19-11-5-2-6-12-19)15-7-8-17-13-14-20-16-17/h17-20H,1-16H2. The third-order valence-electron chi connectivity index (χ3n) is 6.28. The van der Waals surface area contributed by atoms with Crippen LogP contribution < -0.4 is 5.32 Å². The van der Waals surface area contributed by atoms with E-state index in [0.717, 1.165) is 18.0 Å². The molecule has 0 aromatic carbocycles. The zero-order valence-electron chi connectivity index (χ0n) is 14.0. The van der Waals surface area contributed by atoms with E-state index in [1.54, 1.807) is 0 Å². The van der Waals surface area contributed by atoms with Gasteiger partial charge in [-0.3, -0.25) is 4.90 Å². The summed E-state index contributed by atoms with van der Waals surface area (Å²) in [4.78, 5) is 2.99. The van der Waals surface area contributed by atoms with Gasteiger partial charge >= 0.3 is 0 Å². The molecular weight excluding hydrogens is 256 g/mol. The SMILES string of the molecule is C1CCC(N(CCCC2CCNC2)C2CCCCC2)CC1. The Hall–Kier alpha value is -0.0800. The lowest BCUT2D eigenvalue weighted by molar-refractivity contribution is 0.0778. The molecule has 2 heteroatoms. The van der Waals surface area contributed by atoms with Gasteiger partial charge in [0.05, 0.1) is 0 Å². The maximum absolute atomic E-state index is 3.52. The van der Waals surface area contributed by atoms with Crippen molar-refractivity contribution < 1.29 is 0 Å². The molecule has 3 aliphatic rings.